The van der Waals surface area contributed by atoms with Gasteiger partial charge in [-0.1, -0.05) is 12.1 Å². The van der Waals surface area contributed by atoms with E-state index in [0.29, 0.717) is 37.4 Å². The van der Waals surface area contributed by atoms with Crippen molar-refractivity contribution in [3.05, 3.63) is 59.9 Å². The van der Waals surface area contributed by atoms with E-state index in [1.165, 1.54) is 12.1 Å². The van der Waals surface area contributed by atoms with E-state index in [9.17, 15) is 14.0 Å². The van der Waals surface area contributed by atoms with E-state index in [2.05, 4.69) is 15.5 Å². The number of carbonyl (C=O) groups is 2. The normalized spacial score (nSPS) is 14.1. The quantitative estimate of drug-likeness (QED) is 0.850. The summed E-state index contributed by atoms with van der Waals surface area (Å²) in [4.78, 5) is 28.9. The molecule has 0 saturated carbocycles. The Morgan fingerprint density at radius 1 is 0.964 bits per heavy atom. The number of anilines is 2. The van der Waals surface area contributed by atoms with Gasteiger partial charge in [-0.25, -0.2) is 9.18 Å². The van der Waals surface area contributed by atoms with Crippen LogP contribution in [0.3, 0.4) is 0 Å². The van der Waals surface area contributed by atoms with Crippen LogP contribution in [0.1, 0.15) is 24.2 Å². The Bertz CT molecular complexity index is 831. The Hall–Kier alpha value is -3.09. The summed E-state index contributed by atoms with van der Waals surface area (Å²) in [7, 11) is 0. The molecular weight excluding hydrogens is 359 g/mol. The third kappa shape index (κ3) is 4.79. The molecule has 2 aromatic carbocycles. The number of nitrogens with one attached hydrogen (secondary N) is 2. The van der Waals surface area contributed by atoms with Gasteiger partial charge in [0.25, 0.3) is 5.91 Å². The number of hydrogen-bond donors (Lipinski definition) is 2. The topological polar surface area (TPSA) is 64.7 Å². The molecular formula is C21H25FN4O2. The van der Waals surface area contributed by atoms with Crippen LogP contribution >= 0.6 is 0 Å². The Balaban J connectivity index is 1.65. The van der Waals surface area contributed by atoms with Crippen molar-refractivity contribution in [1.29, 1.82) is 0 Å². The molecule has 0 atom stereocenters. The fourth-order valence-corrected chi connectivity index (χ4v) is 3.19. The van der Waals surface area contributed by atoms with Crippen molar-refractivity contribution >= 4 is 23.3 Å². The van der Waals surface area contributed by atoms with Gasteiger partial charge < -0.3 is 20.4 Å². The van der Waals surface area contributed by atoms with Crippen LogP contribution in [0.2, 0.25) is 0 Å². The van der Waals surface area contributed by atoms with E-state index in [0.717, 1.165) is 5.69 Å². The summed E-state index contributed by atoms with van der Waals surface area (Å²) in [6.45, 7) is 6.20. The number of piperazine rings is 1. The number of amides is 3. The van der Waals surface area contributed by atoms with E-state index in [-0.39, 0.29) is 23.8 Å². The molecule has 1 saturated heterocycles. The summed E-state index contributed by atoms with van der Waals surface area (Å²) in [5.74, 6) is -0.373. The highest BCUT2D eigenvalue weighted by molar-refractivity contribution is 6.03. The second kappa shape index (κ2) is 8.73. The molecule has 1 heterocycles. The summed E-state index contributed by atoms with van der Waals surface area (Å²) < 4.78 is 13.1. The second-order valence-electron chi connectivity index (χ2n) is 7.05. The summed E-state index contributed by atoms with van der Waals surface area (Å²) in [5, 5.41) is 5.51. The SMILES string of the molecule is CC(C)NC(=O)Nc1ccccc1C(=O)N1CCN(c2ccc(F)cc2)CC1. The number of carbonyl (C=O) groups excluding carboxylic acids is 2. The molecule has 3 rings (SSSR count). The Kier molecular flexibility index (Phi) is 6.13. The fraction of sp³-hybridized carbons (Fsp3) is 0.333. The van der Waals surface area contributed by atoms with Gasteiger partial charge in [-0.15, -0.1) is 0 Å². The lowest BCUT2D eigenvalue weighted by Gasteiger charge is -2.36. The first-order valence-corrected chi connectivity index (χ1v) is 9.40. The van der Waals surface area contributed by atoms with Crippen molar-refractivity contribution in [3.63, 3.8) is 0 Å². The van der Waals surface area contributed by atoms with Crippen LogP contribution in [0.25, 0.3) is 0 Å². The van der Waals surface area contributed by atoms with E-state index >= 15 is 0 Å². The molecule has 2 aromatic rings. The highest BCUT2D eigenvalue weighted by Gasteiger charge is 2.24. The third-order valence-corrected chi connectivity index (χ3v) is 4.58. The second-order valence-corrected chi connectivity index (χ2v) is 7.05. The minimum absolute atomic E-state index is 0.00222. The molecule has 28 heavy (non-hydrogen) atoms. The maximum absolute atomic E-state index is 13.1. The van der Waals surface area contributed by atoms with Crippen molar-refractivity contribution < 1.29 is 14.0 Å². The van der Waals surface area contributed by atoms with Crippen LogP contribution in [0.15, 0.2) is 48.5 Å². The number of urea groups is 1. The van der Waals surface area contributed by atoms with Crippen molar-refractivity contribution in [2.24, 2.45) is 0 Å². The first-order valence-electron chi connectivity index (χ1n) is 9.40. The third-order valence-electron chi connectivity index (χ3n) is 4.58. The van der Waals surface area contributed by atoms with Crippen LogP contribution < -0.4 is 15.5 Å². The van der Waals surface area contributed by atoms with Gasteiger partial charge in [0.2, 0.25) is 0 Å². The Morgan fingerprint density at radius 3 is 2.25 bits per heavy atom. The first kappa shape index (κ1) is 19.7. The van der Waals surface area contributed by atoms with Gasteiger partial charge in [0.05, 0.1) is 11.3 Å². The zero-order valence-corrected chi connectivity index (χ0v) is 16.1. The monoisotopic (exact) mass is 384 g/mol. The van der Waals surface area contributed by atoms with Crippen molar-refractivity contribution in [1.82, 2.24) is 10.2 Å². The van der Waals surface area contributed by atoms with Crippen molar-refractivity contribution in [2.45, 2.75) is 19.9 Å². The average molecular weight is 384 g/mol. The lowest BCUT2D eigenvalue weighted by molar-refractivity contribution is 0.0748. The first-order chi connectivity index (χ1) is 13.4. The number of benzene rings is 2. The highest BCUT2D eigenvalue weighted by atomic mass is 19.1. The van der Waals surface area contributed by atoms with Crippen LogP contribution in [0.4, 0.5) is 20.6 Å². The summed E-state index contributed by atoms with van der Waals surface area (Å²) in [6, 6.07) is 13.1. The summed E-state index contributed by atoms with van der Waals surface area (Å²) >= 11 is 0. The van der Waals surface area contributed by atoms with Gasteiger partial charge in [0.1, 0.15) is 5.82 Å². The summed E-state index contributed by atoms with van der Waals surface area (Å²) in [5.41, 5.74) is 1.91. The molecule has 7 heteroatoms. The lowest BCUT2D eigenvalue weighted by Crippen LogP contribution is -2.49. The molecule has 2 N–H and O–H groups in total. The molecule has 0 radical (unpaired) electrons. The largest absolute Gasteiger partial charge is 0.368 e. The number of halogens is 1. The molecule has 0 bridgehead atoms. The molecule has 0 unspecified atom stereocenters. The Labute approximate surface area is 164 Å². The predicted molar refractivity (Wildman–Crippen MR) is 108 cm³/mol. The van der Waals surface area contributed by atoms with E-state index in [4.69, 9.17) is 0 Å². The number of nitrogens with zero attached hydrogens (tertiary/aromatic N) is 2. The van der Waals surface area contributed by atoms with Crippen LogP contribution in [-0.4, -0.2) is 49.1 Å². The molecule has 3 amide bonds. The average Bonchev–Trinajstić information content (AvgIpc) is 2.68. The van der Waals surface area contributed by atoms with Crippen molar-refractivity contribution in [2.75, 3.05) is 36.4 Å². The lowest BCUT2D eigenvalue weighted by atomic mass is 10.1. The Morgan fingerprint density at radius 2 is 1.61 bits per heavy atom. The number of hydrogen-bond acceptors (Lipinski definition) is 3. The molecule has 0 spiro atoms. The van der Waals surface area contributed by atoms with Crippen LogP contribution in [0, 0.1) is 5.82 Å². The molecule has 0 aliphatic carbocycles. The van der Waals surface area contributed by atoms with Gasteiger partial charge in [-0.05, 0) is 50.2 Å². The number of rotatable bonds is 4. The van der Waals surface area contributed by atoms with Crippen LogP contribution in [-0.2, 0) is 0 Å². The van der Waals surface area contributed by atoms with E-state index in [1.54, 1.807) is 41.3 Å². The molecule has 1 aliphatic heterocycles. The smallest absolute Gasteiger partial charge is 0.319 e. The molecule has 148 valence electrons. The number of para-hydroxylation sites is 1. The highest BCUT2D eigenvalue weighted by Crippen LogP contribution is 2.21. The summed E-state index contributed by atoms with van der Waals surface area (Å²) in [6.07, 6.45) is 0. The molecule has 0 aromatic heterocycles. The van der Waals surface area contributed by atoms with Gasteiger partial charge >= 0.3 is 6.03 Å². The van der Waals surface area contributed by atoms with E-state index < -0.39 is 0 Å². The van der Waals surface area contributed by atoms with Gasteiger partial charge in [-0.2, -0.15) is 0 Å². The zero-order chi connectivity index (χ0) is 20.1. The van der Waals surface area contributed by atoms with Crippen molar-refractivity contribution in [3.8, 4) is 0 Å². The van der Waals surface area contributed by atoms with E-state index in [1.807, 2.05) is 13.8 Å². The maximum Gasteiger partial charge on any atom is 0.319 e. The predicted octanol–water partition coefficient (Wildman–Crippen LogP) is 3.32. The van der Waals surface area contributed by atoms with Gasteiger partial charge in [0, 0.05) is 37.9 Å². The minimum Gasteiger partial charge on any atom is -0.368 e. The fourth-order valence-electron chi connectivity index (χ4n) is 3.19. The van der Waals surface area contributed by atoms with Gasteiger partial charge in [-0.3, -0.25) is 4.79 Å². The molecule has 6 nitrogen and oxygen atoms in total. The standard InChI is InChI=1S/C21H25FN4O2/c1-15(2)23-21(28)24-19-6-4-3-5-18(19)20(27)26-13-11-25(12-14-26)17-9-7-16(22)8-10-17/h3-10,15H,11-14H2,1-2H3,(H2,23,24,28). The van der Waals surface area contributed by atoms with Gasteiger partial charge in [0.15, 0.2) is 0 Å². The molecule has 1 fully saturated rings. The zero-order valence-electron chi connectivity index (χ0n) is 16.1. The minimum atomic E-state index is -0.337. The van der Waals surface area contributed by atoms with Crippen LogP contribution in [0.5, 0.6) is 0 Å². The molecule has 1 aliphatic rings. The maximum atomic E-state index is 13.1.